The smallest absolute Gasteiger partial charge is 0.246 e. The molecule has 3 atom stereocenters. The SMILES string of the molecule is Cc1ccc(CN[C@H]2C[C@H]3C(=O)N[C@@H](Cc4ccccc4)C(=O)N3C2)cc1C. The molecule has 2 aliphatic heterocycles. The van der Waals surface area contributed by atoms with Crippen molar-refractivity contribution in [2.24, 2.45) is 0 Å². The van der Waals surface area contributed by atoms with Gasteiger partial charge in [-0.15, -0.1) is 0 Å². The van der Waals surface area contributed by atoms with Crippen LogP contribution in [0.2, 0.25) is 0 Å². The summed E-state index contributed by atoms with van der Waals surface area (Å²) in [6.07, 6.45) is 1.20. The Morgan fingerprint density at radius 2 is 1.82 bits per heavy atom. The third-order valence-corrected chi connectivity index (χ3v) is 5.95. The van der Waals surface area contributed by atoms with Crippen molar-refractivity contribution in [3.63, 3.8) is 0 Å². The highest BCUT2D eigenvalue weighted by Gasteiger charge is 2.46. The largest absolute Gasteiger partial charge is 0.342 e. The number of hydrogen-bond acceptors (Lipinski definition) is 3. The van der Waals surface area contributed by atoms with Crippen LogP contribution >= 0.6 is 0 Å². The van der Waals surface area contributed by atoms with Crippen LogP contribution in [0, 0.1) is 13.8 Å². The maximum Gasteiger partial charge on any atom is 0.246 e. The molecule has 146 valence electrons. The number of benzene rings is 2. The molecule has 0 unspecified atom stereocenters. The van der Waals surface area contributed by atoms with Crippen molar-refractivity contribution in [2.75, 3.05) is 6.54 Å². The molecule has 0 aromatic heterocycles. The first-order valence-corrected chi connectivity index (χ1v) is 9.95. The van der Waals surface area contributed by atoms with Crippen LogP contribution < -0.4 is 10.6 Å². The van der Waals surface area contributed by atoms with Gasteiger partial charge in [-0.05, 0) is 42.5 Å². The first-order chi connectivity index (χ1) is 13.5. The van der Waals surface area contributed by atoms with Crippen molar-refractivity contribution in [1.82, 2.24) is 15.5 Å². The Kier molecular flexibility index (Phi) is 5.18. The van der Waals surface area contributed by atoms with Crippen molar-refractivity contribution in [3.05, 3.63) is 70.8 Å². The van der Waals surface area contributed by atoms with Gasteiger partial charge in [0.1, 0.15) is 12.1 Å². The van der Waals surface area contributed by atoms with Gasteiger partial charge in [0.05, 0.1) is 0 Å². The third-order valence-electron chi connectivity index (χ3n) is 5.95. The molecule has 2 aromatic carbocycles. The number of nitrogens with zero attached hydrogens (tertiary/aromatic N) is 1. The van der Waals surface area contributed by atoms with E-state index in [9.17, 15) is 9.59 Å². The van der Waals surface area contributed by atoms with Crippen LogP contribution in [-0.2, 0) is 22.6 Å². The third kappa shape index (κ3) is 3.80. The lowest BCUT2D eigenvalue weighted by molar-refractivity contribution is -0.147. The summed E-state index contributed by atoms with van der Waals surface area (Å²) in [5.74, 6) is -0.0000510. The molecule has 2 amide bonds. The Morgan fingerprint density at radius 3 is 2.57 bits per heavy atom. The van der Waals surface area contributed by atoms with E-state index in [1.165, 1.54) is 16.7 Å². The molecule has 5 heteroatoms. The van der Waals surface area contributed by atoms with Crippen molar-refractivity contribution < 1.29 is 9.59 Å². The van der Waals surface area contributed by atoms with Gasteiger partial charge in [-0.25, -0.2) is 0 Å². The van der Waals surface area contributed by atoms with Gasteiger partial charge >= 0.3 is 0 Å². The molecule has 0 bridgehead atoms. The van der Waals surface area contributed by atoms with Crippen LogP contribution in [0.15, 0.2) is 48.5 Å². The molecule has 2 fully saturated rings. The first-order valence-electron chi connectivity index (χ1n) is 9.95. The second-order valence-corrected chi connectivity index (χ2v) is 7.99. The molecule has 2 aliphatic rings. The molecular formula is C23H27N3O2. The van der Waals surface area contributed by atoms with E-state index in [2.05, 4.69) is 42.7 Å². The van der Waals surface area contributed by atoms with E-state index < -0.39 is 6.04 Å². The van der Waals surface area contributed by atoms with Crippen molar-refractivity contribution >= 4 is 11.8 Å². The Balaban J connectivity index is 1.39. The van der Waals surface area contributed by atoms with E-state index in [1.807, 2.05) is 30.3 Å². The summed E-state index contributed by atoms with van der Waals surface area (Å²) in [6, 6.07) is 15.6. The van der Waals surface area contributed by atoms with Gasteiger partial charge in [0.15, 0.2) is 0 Å². The van der Waals surface area contributed by atoms with E-state index in [4.69, 9.17) is 0 Å². The van der Waals surface area contributed by atoms with Gasteiger partial charge in [0, 0.05) is 25.6 Å². The molecule has 0 radical (unpaired) electrons. The second-order valence-electron chi connectivity index (χ2n) is 7.99. The normalized spacial score (nSPS) is 24.2. The Hall–Kier alpha value is -2.66. The molecule has 4 rings (SSSR count). The average Bonchev–Trinajstić information content (AvgIpc) is 3.13. The van der Waals surface area contributed by atoms with Gasteiger partial charge in [-0.3, -0.25) is 9.59 Å². The Morgan fingerprint density at radius 1 is 1.04 bits per heavy atom. The summed E-state index contributed by atoms with van der Waals surface area (Å²) in [5.41, 5.74) is 4.85. The Bertz CT molecular complexity index is 881. The van der Waals surface area contributed by atoms with Crippen molar-refractivity contribution in [3.8, 4) is 0 Å². The van der Waals surface area contributed by atoms with Crippen LogP contribution in [0.5, 0.6) is 0 Å². The number of carbonyl (C=O) groups is 2. The second kappa shape index (κ2) is 7.76. The fourth-order valence-electron chi connectivity index (χ4n) is 4.17. The lowest BCUT2D eigenvalue weighted by Crippen LogP contribution is -2.61. The monoisotopic (exact) mass is 377 g/mol. The maximum atomic E-state index is 12.9. The van der Waals surface area contributed by atoms with Crippen molar-refractivity contribution in [2.45, 2.75) is 51.4 Å². The van der Waals surface area contributed by atoms with Crippen LogP contribution in [0.4, 0.5) is 0 Å². The van der Waals surface area contributed by atoms with Crippen LogP contribution in [-0.4, -0.2) is 41.4 Å². The number of piperazine rings is 1. The zero-order chi connectivity index (χ0) is 19.7. The summed E-state index contributed by atoms with van der Waals surface area (Å²) in [6.45, 7) is 5.56. The summed E-state index contributed by atoms with van der Waals surface area (Å²) in [4.78, 5) is 27.3. The summed E-state index contributed by atoms with van der Waals surface area (Å²) >= 11 is 0. The Labute approximate surface area is 166 Å². The maximum absolute atomic E-state index is 12.9. The molecule has 5 nitrogen and oxygen atoms in total. The minimum Gasteiger partial charge on any atom is -0.342 e. The highest BCUT2D eigenvalue weighted by Crippen LogP contribution is 2.24. The molecule has 2 heterocycles. The fourth-order valence-corrected chi connectivity index (χ4v) is 4.17. The van der Waals surface area contributed by atoms with Gasteiger partial charge in [-0.2, -0.15) is 0 Å². The molecule has 0 spiro atoms. The van der Waals surface area contributed by atoms with Crippen molar-refractivity contribution in [1.29, 1.82) is 0 Å². The molecule has 0 saturated carbocycles. The molecular weight excluding hydrogens is 350 g/mol. The van der Waals surface area contributed by atoms with E-state index in [1.54, 1.807) is 4.90 Å². The lowest BCUT2D eigenvalue weighted by atomic mass is 10.0. The fraction of sp³-hybridized carbons (Fsp3) is 0.391. The number of amides is 2. The van der Waals surface area contributed by atoms with E-state index in [0.717, 1.165) is 12.1 Å². The molecule has 2 aromatic rings. The van der Waals surface area contributed by atoms with Gasteiger partial charge in [0.2, 0.25) is 11.8 Å². The minimum absolute atomic E-state index is 0.0314. The number of aryl methyl sites for hydroxylation is 2. The summed E-state index contributed by atoms with van der Waals surface area (Å²) in [5, 5.41) is 6.47. The van der Waals surface area contributed by atoms with E-state index >= 15 is 0 Å². The van der Waals surface area contributed by atoms with Crippen LogP contribution in [0.1, 0.15) is 28.7 Å². The summed E-state index contributed by atoms with van der Waals surface area (Å²) < 4.78 is 0. The van der Waals surface area contributed by atoms with E-state index in [0.29, 0.717) is 19.4 Å². The first kappa shape index (κ1) is 18.7. The van der Waals surface area contributed by atoms with Crippen LogP contribution in [0.3, 0.4) is 0 Å². The number of fused-ring (bicyclic) bond motifs is 1. The molecule has 2 saturated heterocycles. The standard InChI is InChI=1S/C23H27N3O2/c1-15-8-9-18(10-16(15)2)13-24-19-12-21-22(27)25-20(23(28)26(21)14-19)11-17-6-4-3-5-7-17/h3-10,19-21,24H,11-14H2,1-2H3,(H,25,27)/t19-,20-,21-/m0/s1. The highest BCUT2D eigenvalue weighted by molar-refractivity contribution is 5.97. The zero-order valence-electron chi connectivity index (χ0n) is 16.4. The predicted molar refractivity (Wildman–Crippen MR) is 109 cm³/mol. The van der Waals surface area contributed by atoms with E-state index in [-0.39, 0.29) is 23.9 Å². The van der Waals surface area contributed by atoms with Crippen LogP contribution in [0.25, 0.3) is 0 Å². The number of nitrogens with one attached hydrogen (secondary N) is 2. The summed E-state index contributed by atoms with van der Waals surface area (Å²) in [7, 11) is 0. The molecule has 2 N–H and O–H groups in total. The van der Waals surface area contributed by atoms with Gasteiger partial charge in [0.25, 0.3) is 0 Å². The topological polar surface area (TPSA) is 61.4 Å². The number of rotatable bonds is 5. The lowest BCUT2D eigenvalue weighted by Gasteiger charge is -2.34. The number of carbonyl (C=O) groups excluding carboxylic acids is 2. The molecule has 28 heavy (non-hydrogen) atoms. The average molecular weight is 377 g/mol. The van der Waals surface area contributed by atoms with Gasteiger partial charge in [-0.1, -0.05) is 48.5 Å². The quantitative estimate of drug-likeness (QED) is 0.839. The zero-order valence-corrected chi connectivity index (χ0v) is 16.4. The number of hydrogen-bond donors (Lipinski definition) is 2. The molecule has 0 aliphatic carbocycles. The minimum atomic E-state index is -0.468. The van der Waals surface area contributed by atoms with Gasteiger partial charge < -0.3 is 15.5 Å². The highest BCUT2D eigenvalue weighted by atomic mass is 16.2. The predicted octanol–water partition coefficient (Wildman–Crippen LogP) is 2.10.